The van der Waals surface area contributed by atoms with E-state index in [1.165, 1.54) is 0 Å². The van der Waals surface area contributed by atoms with E-state index in [0.717, 1.165) is 22.4 Å². The molecule has 0 saturated carbocycles. The van der Waals surface area contributed by atoms with Crippen molar-refractivity contribution in [1.82, 2.24) is 0 Å². The van der Waals surface area contributed by atoms with Crippen LogP contribution < -0.4 is 9.62 Å². The van der Waals surface area contributed by atoms with Gasteiger partial charge in [0.05, 0.1) is 11.4 Å². The number of hydrogen-bond acceptors (Lipinski definition) is 3. The molecule has 0 bridgehead atoms. The molecule has 1 amide bonds. The van der Waals surface area contributed by atoms with E-state index in [2.05, 4.69) is 25.5 Å². The summed E-state index contributed by atoms with van der Waals surface area (Å²) >= 11 is 0. The SMILES string of the molecule is CC(C)(C)c1ccc(S(=O)(=O)Nc2ccc3c(c2)CCC(=O)N3Cc2ccccc2)cc1. The summed E-state index contributed by atoms with van der Waals surface area (Å²) in [7, 11) is -3.71. The molecule has 0 radical (unpaired) electrons. The number of carbonyl (C=O) groups is 1. The predicted molar refractivity (Wildman–Crippen MR) is 128 cm³/mol. The fourth-order valence-electron chi connectivity index (χ4n) is 3.91. The maximum atomic E-state index is 12.9. The van der Waals surface area contributed by atoms with Crippen molar-refractivity contribution >= 4 is 27.3 Å². The van der Waals surface area contributed by atoms with Crippen LogP contribution in [0.4, 0.5) is 11.4 Å². The minimum atomic E-state index is -3.71. The summed E-state index contributed by atoms with van der Waals surface area (Å²) in [6.07, 6.45) is 1.000. The van der Waals surface area contributed by atoms with Crippen molar-refractivity contribution in [1.29, 1.82) is 0 Å². The number of anilines is 2. The first-order valence-corrected chi connectivity index (χ1v) is 12.2. The number of aryl methyl sites for hydroxylation is 1. The van der Waals surface area contributed by atoms with Crippen LogP contribution in [0.2, 0.25) is 0 Å². The number of rotatable bonds is 5. The highest BCUT2D eigenvalue weighted by molar-refractivity contribution is 7.92. The Morgan fingerprint density at radius 2 is 1.59 bits per heavy atom. The Bertz CT molecular complexity index is 1230. The zero-order chi connectivity index (χ0) is 22.9. The van der Waals surface area contributed by atoms with Gasteiger partial charge < -0.3 is 4.90 Å². The molecular formula is C26H28N2O3S. The monoisotopic (exact) mass is 448 g/mol. The predicted octanol–water partition coefficient (Wildman–Crippen LogP) is 5.26. The minimum Gasteiger partial charge on any atom is -0.308 e. The number of hydrogen-bond donors (Lipinski definition) is 1. The number of nitrogens with one attached hydrogen (secondary N) is 1. The average Bonchev–Trinajstić information content (AvgIpc) is 2.76. The van der Waals surface area contributed by atoms with Gasteiger partial charge in [-0.25, -0.2) is 8.42 Å². The van der Waals surface area contributed by atoms with Crippen LogP contribution >= 0.6 is 0 Å². The Balaban J connectivity index is 1.57. The first-order chi connectivity index (χ1) is 15.1. The second-order valence-corrected chi connectivity index (χ2v) is 10.9. The number of fused-ring (bicyclic) bond motifs is 1. The van der Waals surface area contributed by atoms with Gasteiger partial charge in [0.1, 0.15) is 0 Å². The summed E-state index contributed by atoms with van der Waals surface area (Å²) in [5.74, 6) is 0.0774. The molecule has 3 aromatic carbocycles. The Hall–Kier alpha value is -3.12. The first-order valence-electron chi connectivity index (χ1n) is 10.7. The Labute approximate surface area is 190 Å². The summed E-state index contributed by atoms with van der Waals surface area (Å²) < 4.78 is 28.5. The fourth-order valence-corrected chi connectivity index (χ4v) is 4.96. The molecule has 0 aromatic heterocycles. The molecule has 0 unspecified atom stereocenters. The highest BCUT2D eigenvalue weighted by Gasteiger charge is 2.25. The van der Waals surface area contributed by atoms with Crippen LogP contribution in [-0.2, 0) is 33.2 Å². The molecule has 6 heteroatoms. The van der Waals surface area contributed by atoms with E-state index in [4.69, 9.17) is 0 Å². The fraction of sp³-hybridized carbons (Fsp3) is 0.269. The van der Waals surface area contributed by atoms with Gasteiger partial charge in [-0.2, -0.15) is 0 Å². The van der Waals surface area contributed by atoms with E-state index >= 15 is 0 Å². The lowest BCUT2D eigenvalue weighted by Gasteiger charge is -2.30. The Morgan fingerprint density at radius 3 is 2.25 bits per heavy atom. The molecule has 5 nitrogen and oxygen atoms in total. The number of carbonyl (C=O) groups excluding carboxylic acids is 1. The average molecular weight is 449 g/mol. The zero-order valence-electron chi connectivity index (χ0n) is 18.6. The summed E-state index contributed by atoms with van der Waals surface area (Å²) in [5.41, 5.74) is 4.38. The molecule has 0 saturated heterocycles. The van der Waals surface area contributed by atoms with Crippen molar-refractivity contribution in [2.75, 3.05) is 9.62 Å². The molecule has 0 aliphatic carbocycles. The van der Waals surface area contributed by atoms with Crippen molar-refractivity contribution in [2.45, 2.75) is 50.5 Å². The molecule has 166 valence electrons. The lowest BCUT2D eigenvalue weighted by Crippen LogP contribution is -2.34. The summed E-state index contributed by atoms with van der Waals surface area (Å²) in [6, 6.07) is 22.2. The first kappa shape index (κ1) is 22.1. The molecule has 3 aromatic rings. The third-order valence-corrected chi connectivity index (χ3v) is 7.14. The van der Waals surface area contributed by atoms with Crippen LogP contribution in [0.1, 0.15) is 43.9 Å². The summed E-state index contributed by atoms with van der Waals surface area (Å²) in [6.45, 7) is 6.77. The third-order valence-electron chi connectivity index (χ3n) is 5.75. The van der Waals surface area contributed by atoms with Gasteiger partial charge in [-0.3, -0.25) is 9.52 Å². The van der Waals surface area contributed by atoms with Crippen LogP contribution in [0, 0.1) is 0 Å². The minimum absolute atomic E-state index is 0.0444. The summed E-state index contributed by atoms with van der Waals surface area (Å²) in [5, 5.41) is 0. The molecule has 1 aliphatic heterocycles. The molecule has 4 rings (SSSR count). The van der Waals surface area contributed by atoms with Gasteiger partial charge in [0, 0.05) is 17.8 Å². The highest BCUT2D eigenvalue weighted by Crippen LogP contribution is 2.32. The van der Waals surface area contributed by atoms with Crippen molar-refractivity contribution in [3.05, 3.63) is 89.5 Å². The lowest BCUT2D eigenvalue weighted by molar-refractivity contribution is -0.119. The van der Waals surface area contributed by atoms with Crippen LogP contribution in [-0.4, -0.2) is 14.3 Å². The van der Waals surface area contributed by atoms with E-state index in [1.807, 2.05) is 54.6 Å². The quantitative estimate of drug-likeness (QED) is 0.579. The smallest absolute Gasteiger partial charge is 0.261 e. The number of amides is 1. The third kappa shape index (κ3) is 4.70. The number of benzene rings is 3. The van der Waals surface area contributed by atoms with Gasteiger partial charge in [-0.1, -0.05) is 63.2 Å². The molecule has 1 aliphatic rings. The van der Waals surface area contributed by atoms with Crippen LogP contribution in [0.5, 0.6) is 0 Å². The highest BCUT2D eigenvalue weighted by atomic mass is 32.2. The maximum absolute atomic E-state index is 12.9. The van der Waals surface area contributed by atoms with Crippen LogP contribution in [0.15, 0.2) is 77.7 Å². The van der Waals surface area contributed by atoms with Gasteiger partial charge in [0.25, 0.3) is 10.0 Å². The molecule has 0 fully saturated rings. The van der Waals surface area contributed by atoms with Gasteiger partial charge in [0.2, 0.25) is 5.91 Å². The zero-order valence-corrected chi connectivity index (χ0v) is 19.4. The van der Waals surface area contributed by atoms with E-state index in [0.29, 0.717) is 25.1 Å². The van der Waals surface area contributed by atoms with Gasteiger partial charge in [-0.05, 0) is 58.9 Å². The molecule has 0 spiro atoms. The van der Waals surface area contributed by atoms with E-state index in [1.54, 1.807) is 23.1 Å². The normalized spacial score (nSPS) is 14.2. The van der Waals surface area contributed by atoms with Crippen LogP contribution in [0.3, 0.4) is 0 Å². The van der Waals surface area contributed by atoms with Crippen LogP contribution in [0.25, 0.3) is 0 Å². The molecule has 1 N–H and O–H groups in total. The van der Waals surface area contributed by atoms with E-state index in [-0.39, 0.29) is 16.2 Å². The lowest BCUT2D eigenvalue weighted by atomic mass is 9.87. The largest absolute Gasteiger partial charge is 0.308 e. The van der Waals surface area contributed by atoms with Crippen molar-refractivity contribution < 1.29 is 13.2 Å². The Kier molecular flexibility index (Phi) is 5.82. The standard InChI is InChI=1S/C26H28N2O3S/c1-26(2,3)21-10-13-23(14-11-21)32(30,31)27-22-12-15-24-20(17-22)9-16-25(29)28(24)18-19-7-5-4-6-8-19/h4-8,10-15,17,27H,9,16,18H2,1-3H3. The molecule has 0 atom stereocenters. The van der Waals surface area contributed by atoms with Crippen molar-refractivity contribution in [3.8, 4) is 0 Å². The van der Waals surface area contributed by atoms with Gasteiger partial charge in [0.15, 0.2) is 0 Å². The van der Waals surface area contributed by atoms with Gasteiger partial charge >= 0.3 is 0 Å². The molecular weight excluding hydrogens is 420 g/mol. The molecule has 32 heavy (non-hydrogen) atoms. The van der Waals surface area contributed by atoms with E-state index in [9.17, 15) is 13.2 Å². The Morgan fingerprint density at radius 1 is 0.906 bits per heavy atom. The van der Waals surface area contributed by atoms with Gasteiger partial charge in [-0.15, -0.1) is 0 Å². The summed E-state index contributed by atoms with van der Waals surface area (Å²) in [4.78, 5) is 14.6. The number of nitrogens with zero attached hydrogens (tertiary/aromatic N) is 1. The second-order valence-electron chi connectivity index (χ2n) is 9.19. The second kappa shape index (κ2) is 8.43. The molecule has 1 heterocycles. The van der Waals surface area contributed by atoms with E-state index < -0.39 is 10.0 Å². The number of sulfonamides is 1. The topological polar surface area (TPSA) is 66.5 Å². The van der Waals surface area contributed by atoms with Crippen molar-refractivity contribution in [2.24, 2.45) is 0 Å². The maximum Gasteiger partial charge on any atom is 0.261 e. The van der Waals surface area contributed by atoms with Crippen molar-refractivity contribution in [3.63, 3.8) is 0 Å².